The van der Waals surface area contributed by atoms with Gasteiger partial charge in [-0.2, -0.15) is 6.67 Å². The van der Waals surface area contributed by atoms with Crippen LogP contribution in [0.1, 0.15) is 6.92 Å². The number of ether oxygens (including phenoxy) is 1. The maximum Gasteiger partial charge on any atom is 0.332 e. The van der Waals surface area contributed by atoms with Crippen LogP contribution >= 0.6 is 0 Å². The van der Waals surface area contributed by atoms with Crippen LogP contribution in [-0.4, -0.2) is 35.3 Å². The van der Waals surface area contributed by atoms with Crippen LogP contribution in [-0.2, 0) is 46.0 Å². The number of aromatic nitrogens is 2. The molecule has 0 atom stereocenters. The average Bonchev–Trinajstić information content (AvgIpc) is 2.70. The molecule has 0 saturated heterocycles. The van der Waals surface area contributed by atoms with Crippen LogP contribution in [0.15, 0.2) is 9.59 Å². The second-order valence-corrected chi connectivity index (χ2v) is 4.54. The molecule has 1 aliphatic heterocycles. The molecule has 129 valence electrons. The zero-order chi connectivity index (χ0) is 15.0. The second kappa shape index (κ2) is 7.66. The maximum atomic E-state index is 12.2. The Morgan fingerprint density at radius 3 is 2.32 bits per heavy atom. The quantitative estimate of drug-likeness (QED) is 0.383. The van der Waals surface area contributed by atoms with E-state index >= 15 is 0 Å². The fraction of sp³-hybridized carbons (Fsp3) is 0.462. The molecule has 0 N–H and O–H groups in total. The molecule has 1 aromatic heterocycles. The summed E-state index contributed by atoms with van der Waals surface area (Å²) in [5.41, 5.74) is -0.551. The van der Waals surface area contributed by atoms with Crippen molar-refractivity contribution in [2.75, 3.05) is 30.0 Å². The molecule has 0 saturated carbocycles. The Hall–Kier alpha value is -1.51. The molecule has 9 heteroatoms. The van der Waals surface area contributed by atoms with Crippen molar-refractivity contribution in [3.05, 3.63) is 34.9 Å². The third-order valence-electron chi connectivity index (χ3n) is 3.15. The molecule has 0 bridgehead atoms. The first-order valence-corrected chi connectivity index (χ1v) is 6.18. The number of hydrogen-bond donors (Lipinski definition) is 0. The zero-order valence-electron chi connectivity index (χ0n) is 13.2. The van der Waals surface area contributed by atoms with E-state index in [4.69, 9.17) is 4.74 Å². The van der Waals surface area contributed by atoms with Crippen LogP contribution in [0.25, 0.3) is 0 Å². The molecule has 0 spiro atoms. The Balaban J connectivity index is 0.00000220. The minimum Gasteiger partial charge on any atom is -0.490 e. The summed E-state index contributed by atoms with van der Waals surface area (Å²) in [6.07, 6.45) is 0. The Morgan fingerprint density at radius 1 is 1.18 bits per heavy atom. The summed E-state index contributed by atoms with van der Waals surface area (Å²) < 4.78 is 7.27. The van der Waals surface area contributed by atoms with Gasteiger partial charge in [0.25, 0.3) is 5.56 Å². The van der Waals surface area contributed by atoms with Gasteiger partial charge in [0, 0.05) is 36.5 Å². The standard InChI is InChI=1S/C12H17N4O4.CH3.Ag/c1-5-20-8(17)6-16-7-13(2)10-9(16)11(18)15(4)12(19)14(10)3;;/h7H,5-6H2,1-4H3;1H3;/q2*-1;. The normalized spacial score (nSPS) is 12.4. The zero-order valence-corrected chi connectivity index (χ0v) is 14.7. The molecule has 22 heavy (non-hydrogen) atoms. The van der Waals surface area contributed by atoms with Crippen LogP contribution < -0.4 is 21.0 Å². The first kappa shape index (κ1) is 20.5. The van der Waals surface area contributed by atoms with Crippen molar-refractivity contribution in [1.29, 1.82) is 0 Å². The SMILES string of the molecule is CCOC(=O)CN1[CH-]N(C)c2c1c(=O)n(C)c(=O)n2C.[Ag].[CH3-]. The van der Waals surface area contributed by atoms with Gasteiger partial charge < -0.3 is 22.0 Å². The van der Waals surface area contributed by atoms with Crippen LogP contribution in [0, 0.1) is 14.1 Å². The first-order chi connectivity index (χ1) is 9.38. The van der Waals surface area contributed by atoms with Crippen LogP contribution in [0.2, 0.25) is 0 Å². The summed E-state index contributed by atoms with van der Waals surface area (Å²) in [6, 6.07) is 0. The molecule has 1 radical (unpaired) electrons. The van der Waals surface area contributed by atoms with E-state index in [1.807, 2.05) is 0 Å². The van der Waals surface area contributed by atoms with E-state index < -0.39 is 17.2 Å². The molecular formula is C13H20AgN4O4-2. The Morgan fingerprint density at radius 2 is 1.77 bits per heavy atom. The summed E-state index contributed by atoms with van der Waals surface area (Å²) in [5.74, 6) is 0.0308. The van der Waals surface area contributed by atoms with Crippen molar-refractivity contribution in [2.45, 2.75) is 6.92 Å². The Bertz CT molecular complexity index is 667. The van der Waals surface area contributed by atoms with Gasteiger partial charge in [0.2, 0.25) is 0 Å². The number of esters is 1. The van der Waals surface area contributed by atoms with Gasteiger partial charge in [-0.3, -0.25) is 18.7 Å². The number of carbonyl (C=O) groups excluding carboxylic acids is 1. The van der Waals surface area contributed by atoms with Crippen LogP contribution in [0.3, 0.4) is 0 Å². The summed E-state index contributed by atoms with van der Waals surface area (Å²) in [5, 5.41) is 0. The number of anilines is 2. The van der Waals surface area contributed by atoms with Gasteiger partial charge in [-0.15, -0.1) is 0 Å². The monoisotopic (exact) mass is 403 g/mol. The summed E-state index contributed by atoms with van der Waals surface area (Å²) in [6.45, 7) is 3.52. The molecule has 1 aliphatic rings. The van der Waals surface area contributed by atoms with Gasteiger partial charge in [0.1, 0.15) is 11.5 Å². The van der Waals surface area contributed by atoms with E-state index in [1.165, 1.54) is 16.5 Å². The van der Waals surface area contributed by atoms with E-state index in [-0.39, 0.29) is 43.0 Å². The maximum absolute atomic E-state index is 12.2. The van der Waals surface area contributed by atoms with E-state index in [2.05, 4.69) is 0 Å². The average molecular weight is 404 g/mol. The summed E-state index contributed by atoms with van der Waals surface area (Å²) in [4.78, 5) is 38.9. The topological polar surface area (TPSA) is 76.8 Å². The van der Waals surface area contributed by atoms with E-state index in [1.54, 1.807) is 32.6 Å². The van der Waals surface area contributed by atoms with Crippen molar-refractivity contribution >= 4 is 17.5 Å². The van der Waals surface area contributed by atoms with Crippen molar-refractivity contribution < 1.29 is 31.9 Å². The predicted octanol–water partition coefficient (Wildman–Crippen LogP) is -0.530. The van der Waals surface area contributed by atoms with Crippen molar-refractivity contribution in [2.24, 2.45) is 14.1 Å². The third kappa shape index (κ3) is 3.29. The van der Waals surface area contributed by atoms with Gasteiger partial charge in [0.15, 0.2) is 0 Å². The molecule has 1 aromatic rings. The third-order valence-corrected chi connectivity index (χ3v) is 3.15. The van der Waals surface area contributed by atoms with Gasteiger partial charge in [-0.1, -0.05) is 0 Å². The Kier molecular flexibility index (Phi) is 7.14. The van der Waals surface area contributed by atoms with Crippen molar-refractivity contribution in [3.8, 4) is 0 Å². The first-order valence-electron chi connectivity index (χ1n) is 6.18. The summed E-state index contributed by atoms with van der Waals surface area (Å²) in [7, 11) is 4.70. The largest absolute Gasteiger partial charge is 0.490 e. The van der Waals surface area contributed by atoms with Gasteiger partial charge in [-0.25, -0.2) is 4.79 Å². The fourth-order valence-corrected chi connectivity index (χ4v) is 2.26. The van der Waals surface area contributed by atoms with E-state index in [9.17, 15) is 14.4 Å². The number of nitrogens with zero attached hydrogens (tertiary/aromatic N) is 4. The smallest absolute Gasteiger partial charge is 0.332 e. The molecule has 8 nitrogen and oxygen atoms in total. The minimum atomic E-state index is -0.437. The van der Waals surface area contributed by atoms with Crippen molar-refractivity contribution in [3.63, 3.8) is 0 Å². The predicted molar refractivity (Wildman–Crippen MR) is 80.0 cm³/mol. The molecule has 0 aliphatic carbocycles. The number of hydrogen-bond acceptors (Lipinski definition) is 6. The summed E-state index contributed by atoms with van der Waals surface area (Å²) >= 11 is 0. The van der Waals surface area contributed by atoms with E-state index in [0.29, 0.717) is 11.5 Å². The van der Waals surface area contributed by atoms with Gasteiger partial charge in [-0.05, 0) is 14.0 Å². The fourth-order valence-electron chi connectivity index (χ4n) is 2.26. The molecular weight excluding hydrogens is 384 g/mol. The Labute approximate surface area is 144 Å². The van der Waals surface area contributed by atoms with Crippen LogP contribution in [0.4, 0.5) is 11.5 Å². The second-order valence-electron chi connectivity index (χ2n) is 4.54. The van der Waals surface area contributed by atoms with E-state index in [0.717, 1.165) is 4.57 Å². The van der Waals surface area contributed by atoms with Gasteiger partial charge in [0.05, 0.1) is 13.2 Å². The molecule has 0 fully saturated rings. The van der Waals surface area contributed by atoms with Crippen molar-refractivity contribution in [1.82, 2.24) is 9.13 Å². The molecule has 0 unspecified atom stereocenters. The number of carbonyl (C=O) groups is 1. The minimum absolute atomic E-state index is 0. The van der Waals surface area contributed by atoms with Crippen LogP contribution in [0.5, 0.6) is 0 Å². The molecule has 2 heterocycles. The number of rotatable bonds is 3. The molecule has 0 amide bonds. The van der Waals surface area contributed by atoms with Gasteiger partial charge >= 0.3 is 11.7 Å². The molecule has 2 rings (SSSR count). The number of fused-ring (bicyclic) bond motifs is 1. The molecule has 0 aromatic carbocycles.